The zero-order valence-electron chi connectivity index (χ0n) is 11.8. The average Bonchev–Trinajstić information content (AvgIpc) is 2.48. The largest absolute Gasteiger partial charge is 0.480 e. The van der Waals surface area contributed by atoms with Gasteiger partial charge in [0.2, 0.25) is 0 Å². The van der Waals surface area contributed by atoms with Crippen LogP contribution in [-0.2, 0) is 17.9 Å². The summed E-state index contributed by atoms with van der Waals surface area (Å²) in [5.74, 6) is -0.933. The van der Waals surface area contributed by atoms with Gasteiger partial charge < -0.3 is 5.11 Å². The Morgan fingerprint density at radius 3 is 2.45 bits per heavy atom. The third-order valence-corrected chi connectivity index (χ3v) is 3.02. The van der Waals surface area contributed by atoms with E-state index in [1.165, 1.54) is 12.1 Å². The molecule has 0 bridgehead atoms. The number of pyridine rings is 1. The molecule has 0 aliphatic carbocycles. The summed E-state index contributed by atoms with van der Waals surface area (Å²) >= 11 is 0. The number of nitro benzene ring substituents is 1. The maximum absolute atomic E-state index is 11.0. The molecule has 2 aromatic rings. The minimum absolute atomic E-state index is 0.0123. The lowest BCUT2D eigenvalue weighted by Crippen LogP contribution is -2.29. The highest BCUT2D eigenvalue weighted by Gasteiger charge is 2.13. The number of aliphatic carboxylic acids is 1. The van der Waals surface area contributed by atoms with Crippen LogP contribution < -0.4 is 0 Å². The number of non-ortho nitro benzene ring substituents is 1. The van der Waals surface area contributed by atoms with Crippen molar-refractivity contribution in [1.29, 1.82) is 0 Å². The number of nitrogens with zero attached hydrogens (tertiary/aromatic N) is 3. The Labute approximate surface area is 127 Å². The van der Waals surface area contributed by atoms with Gasteiger partial charge in [0.15, 0.2) is 0 Å². The molecule has 0 spiro atoms. The first-order chi connectivity index (χ1) is 10.5. The zero-order chi connectivity index (χ0) is 15.9. The molecule has 0 fully saturated rings. The Kier molecular flexibility index (Phi) is 5.16. The average molecular weight is 301 g/mol. The van der Waals surface area contributed by atoms with Gasteiger partial charge in [0, 0.05) is 31.4 Å². The molecule has 114 valence electrons. The lowest BCUT2D eigenvalue weighted by molar-refractivity contribution is -0.384. The quantitative estimate of drug-likeness (QED) is 0.621. The summed E-state index contributed by atoms with van der Waals surface area (Å²) in [6.45, 7) is 0.637. The van der Waals surface area contributed by atoms with E-state index in [0.717, 1.165) is 11.3 Å². The number of carbonyl (C=O) groups is 1. The highest BCUT2D eigenvalue weighted by molar-refractivity contribution is 5.69. The van der Waals surface area contributed by atoms with E-state index < -0.39 is 10.9 Å². The second-order valence-electron chi connectivity index (χ2n) is 4.78. The topological polar surface area (TPSA) is 96.6 Å². The van der Waals surface area contributed by atoms with E-state index in [-0.39, 0.29) is 12.2 Å². The Morgan fingerprint density at radius 2 is 1.91 bits per heavy atom. The molecule has 0 aliphatic heterocycles. The molecule has 0 radical (unpaired) electrons. The van der Waals surface area contributed by atoms with Gasteiger partial charge in [-0.2, -0.15) is 0 Å². The van der Waals surface area contributed by atoms with Gasteiger partial charge in [0.1, 0.15) is 0 Å². The van der Waals surface area contributed by atoms with Crippen molar-refractivity contribution in [2.24, 2.45) is 0 Å². The number of aromatic nitrogens is 1. The first-order valence-electron chi connectivity index (χ1n) is 6.62. The van der Waals surface area contributed by atoms with E-state index in [4.69, 9.17) is 5.11 Å². The van der Waals surface area contributed by atoms with Crippen molar-refractivity contribution in [3.8, 4) is 0 Å². The normalized spacial score (nSPS) is 10.6. The SMILES string of the molecule is O=C(O)CN(Cc1ccc([N+](=O)[O-])cc1)Cc1ccccn1. The molecule has 0 amide bonds. The number of rotatable bonds is 7. The van der Waals surface area contributed by atoms with Crippen LogP contribution in [0.15, 0.2) is 48.7 Å². The van der Waals surface area contributed by atoms with Gasteiger partial charge in [0.05, 0.1) is 17.2 Å². The lowest BCUT2D eigenvalue weighted by Gasteiger charge is -2.19. The molecule has 1 aromatic carbocycles. The van der Waals surface area contributed by atoms with E-state index >= 15 is 0 Å². The van der Waals surface area contributed by atoms with Gasteiger partial charge in [-0.15, -0.1) is 0 Å². The van der Waals surface area contributed by atoms with Crippen LogP contribution in [0.3, 0.4) is 0 Å². The second kappa shape index (κ2) is 7.28. The van der Waals surface area contributed by atoms with E-state index in [1.54, 1.807) is 29.3 Å². The summed E-state index contributed by atoms with van der Waals surface area (Å²) in [4.78, 5) is 27.0. The van der Waals surface area contributed by atoms with Gasteiger partial charge in [-0.3, -0.25) is 24.8 Å². The number of carboxylic acid groups (broad SMARTS) is 1. The molecule has 7 heteroatoms. The van der Waals surface area contributed by atoms with Crippen LogP contribution in [0.1, 0.15) is 11.3 Å². The molecule has 0 saturated heterocycles. The van der Waals surface area contributed by atoms with Gasteiger partial charge in [-0.05, 0) is 17.7 Å². The summed E-state index contributed by atoms with van der Waals surface area (Å²) in [5, 5.41) is 19.6. The van der Waals surface area contributed by atoms with Gasteiger partial charge in [-0.25, -0.2) is 0 Å². The zero-order valence-corrected chi connectivity index (χ0v) is 11.8. The number of nitro groups is 1. The summed E-state index contributed by atoms with van der Waals surface area (Å²) in [5.41, 5.74) is 1.59. The molecule has 1 N–H and O–H groups in total. The summed E-state index contributed by atoms with van der Waals surface area (Å²) < 4.78 is 0. The fourth-order valence-corrected chi connectivity index (χ4v) is 2.06. The van der Waals surface area contributed by atoms with Crippen LogP contribution in [0.5, 0.6) is 0 Å². The van der Waals surface area contributed by atoms with Gasteiger partial charge in [0.25, 0.3) is 5.69 Å². The molecule has 22 heavy (non-hydrogen) atoms. The fourth-order valence-electron chi connectivity index (χ4n) is 2.06. The minimum atomic E-state index is -0.933. The molecular formula is C15H15N3O4. The van der Waals surface area contributed by atoms with Crippen molar-refractivity contribution < 1.29 is 14.8 Å². The van der Waals surface area contributed by atoms with Crippen molar-refractivity contribution in [2.45, 2.75) is 13.1 Å². The van der Waals surface area contributed by atoms with Gasteiger partial charge >= 0.3 is 5.97 Å². The van der Waals surface area contributed by atoms with Crippen molar-refractivity contribution in [3.63, 3.8) is 0 Å². The van der Waals surface area contributed by atoms with Crippen molar-refractivity contribution in [1.82, 2.24) is 9.88 Å². The van der Waals surface area contributed by atoms with E-state index in [0.29, 0.717) is 13.1 Å². The molecular weight excluding hydrogens is 286 g/mol. The molecule has 0 aliphatic rings. The maximum atomic E-state index is 11.0. The molecule has 0 atom stereocenters. The van der Waals surface area contributed by atoms with E-state index in [9.17, 15) is 14.9 Å². The third kappa shape index (κ3) is 4.64. The van der Waals surface area contributed by atoms with Crippen molar-refractivity contribution >= 4 is 11.7 Å². The van der Waals surface area contributed by atoms with Crippen LogP contribution >= 0.6 is 0 Å². The van der Waals surface area contributed by atoms with Crippen molar-refractivity contribution in [3.05, 3.63) is 70.0 Å². The number of hydrogen-bond donors (Lipinski definition) is 1. The van der Waals surface area contributed by atoms with Crippen molar-refractivity contribution in [2.75, 3.05) is 6.54 Å². The smallest absolute Gasteiger partial charge is 0.317 e. The highest BCUT2D eigenvalue weighted by atomic mass is 16.6. The standard InChI is InChI=1S/C15H15N3O4/c19-15(20)11-17(10-13-3-1-2-8-16-13)9-12-4-6-14(7-5-12)18(21)22/h1-8H,9-11H2,(H,19,20). The Bertz CT molecular complexity index is 644. The molecule has 2 rings (SSSR count). The Morgan fingerprint density at radius 1 is 1.18 bits per heavy atom. The molecule has 1 heterocycles. The van der Waals surface area contributed by atoms with Crippen LogP contribution in [0, 0.1) is 10.1 Å². The first kappa shape index (κ1) is 15.6. The monoisotopic (exact) mass is 301 g/mol. The molecule has 0 saturated carbocycles. The highest BCUT2D eigenvalue weighted by Crippen LogP contribution is 2.14. The minimum Gasteiger partial charge on any atom is -0.480 e. The second-order valence-corrected chi connectivity index (χ2v) is 4.78. The Balaban J connectivity index is 2.08. The van der Waals surface area contributed by atoms with Crippen LogP contribution in [0.2, 0.25) is 0 Å². The first-order valence-corrected chi connectivity index (χ1v) is 6.62. The van der Waals surface area contributed by atoms with Crippen LogP contribution in [-0.4, -0.2) is 32.4 Å². The molecule has 7 nitrogen and oxygen atoms in total. The summed E-state index contributed by atoms with van der Waals surface area (Å²) in [7, 11) is 0. The molecule has 1 aromatic heterocycles. The third-order valence-electron chi connectivity index (χ3n) is 3.02. The fraction of sp³-hybridized carbons (Fsp3) is 0.200. The van der Waals surface area contributed by atoms with E-state index in [1.807, 2.05) is 12.1 Å². The van der Waals surface area contributed by atoms with Crippen LogP contribution in [0.25, 0.3) is 0 Å². The van der Waals surface area contributed by atoms with Gasteiger partial charge in [-0.1, -0.05) is 18.2 Å². The number of hydrogen-bond acceptors (Lipinski definition) is 5. The molecule has 0 unspecified atom stereocenters. The predicted molar refractivity (Wildman–Crippen MR) is 79.1 cm³/mol. The predicted octanol–water partition coefficient (Wildman–Crippen LogP) is 2.08. The summed E-state index contributed by atoms with van der Waals surface area (Å²) in [6, 6.07) is 11.5. The lowest BCUT2D eigenvalue weighted by atomic mass is 10.2. The van der Waals surface area contributed by atoms with Crippen LogP contribution in [0.4, 0.5) is 5.69 Å². The summed E-state index contributed by atoms with van der Waals surface area (Å²) in [6.07, 6.45) is 1.65. The maximum Gasteiger partial charge on any atom is 0.317 e. The van der Waals surface area contributed by atoms with E-state index in [2.05, 4.69) is 4.98 Å². The Hall–Kier alpha value is -2.80. The number of carboxylic acids is 1. The number of benzene rings is 1.